The molecule has 9 heteroatoms. The average molecular weight is 485 g/mol. The summed E-state index contributed by atoms with van der Waals surface area (Å²) in [6, 6.07) is 18.3. The lowest BCUT2D eigenvalue weighted by molar-refractivity contribution is -0.144. The molecular formula is C24H21ClN2O5S. The van der Waals surface area contributed by atoms with Gasteiger partial charge in [-0.2, -0.15) is 4.31 Å². The molecule has 3 aromatic carbocycles. The molecule has 0 aromatic heterocycles. The van der Waals surface area contributed by atoms with Gasteiger partial charge in [0.1, 0.15) is 6.04 Å². The molecule has 4 rings (SSSR count). The van der Waals surface area contributed by atoms with Crippen molar-refractivity contribution in [3.63, 3.8) is 0 Å². The van der Waals surface area contributed by atoms with Crippen molar-refractivity contribution in [1.29, 1.82) is 0 Å². The van der Waals surface area contributed by atoms with Gasteiger partial charge in [-0.1, -0.05) is 59.6 Å². The third-order valence-corrected chi connectivity index (χ3v) is 7.67. The Morgan fingerprint density at radius 3 is 2.15 bits per heavy atom. The highest BCUT2D eigenvalue weighted by molar-refractivity contribution is 7.89. The summed E-state index contributed by atoms with van der Waals surface area (Å²) in [5, 5.41) is 10.7. The lowest BCUT2D eigenvalue weighted by Gasteiger charge is -2.44. The lowest BCUT2D eigenvalue weighted by atomic mass is 9.93. The molecule has 0 saturated carbocycles. The molecule has 170 valence electrons. The summed E-state index contributed by atoms with van der Waals surface area (Å²) >= 11 is 6.00. The zero-order valence-corrected chi connectivity index (χ0v) is 19.2. The Morgan fingerprint density at radius 1 is 0.970 bits per heavy atom. The molecule has 33 heavy (non-hydrogen) atoms. The Kier molecular flexibility index (Phi) is 6.25. The van der Waals surface area contributed by atoms with Gasteiger partial charge in [0.2, 0.25) is 15.9 Å². The van der Waals surface area contributed by atoms with Gasteiger partial charge in [0.25, 0.3) is 0 Å². The summed E-state index contributed by atoms with van der Waals surface area (Å²) in [4.78, 5) is 27.2. The van der Waals surface area contributed by atoms with Crippen molar-refractivity contribution in [3.8, 4) is 0 Å². The number of carboxylic acids is 1. The molecule has 0 radical (unpaired) electrons. The molecule has 0 spiro atoms. The van der Waals surface area contributed by atoms with Crippen LogP contribution in [0.4, 0.5) is 5.69 Å². The number of anilines is 1. The van der Waals surface area contributed by atoms with Gasteiger partial charge in [-0.05, 0) is 48.9 Å². The number of carbonyl (C=O) groups is 2. The number of benzene rings is 3. The number of carboxylic acid groups (broad SMARTS) is 1. The number of hydrogen-bond acceptors (Lipinski definition) is 4. The number of nitrogens with zero attached hydrogens (tertiary/aromatic N) is 2. The summed E-state index contributed by atoms with van der Waals surface area (Å²) in [5.74, 6) is -1.90. The molecular weight excluding hydrogens is 464 g/mol. The minimum absolute atomic E-state index is 0.0772. The molecule has 3 aromatic rings. The number of rotatable bonds is 5. The van der Waals surface area contributed by atoms with E-state index in [1.165, 1.54) is 17.0 Å². The number of halogens is 1. The first-order chi connectivity index (χ1) is 15.7. The van der Waals surface area contributed by atoms with Gasteiger partial charge in [-0.25, -0.2) is 8.42 Å². The molecule has 2 atom stereocenters. The summed E-state index contributed by atoms with van der Waals surface area (Å²) in [7, 11) is -4.27. The highest BCUT2D eigenvalue weighted by Gasteiger charge is 2.50. The number of aliphatic carboxylic acids is 1. The Balaban J connectivity index is 1.90. The number of aryl methyl sites for hydroxylation is 1. The molecule has 1 saturated heterocycles. The lowest BCUT2D eigenvalue weighted by Crippen LogP contribution is -2.62. The van der Waals surface area contributed by atoms with E-state index in [-0.39, 0.29) is 4.90 Å². The van der Waals surface area contributed by atoms with Gasteiger partial charge in [0.15, 0.2) is 0 Å². The van der Waals surface area contributed by atoms with E-state index in [1.54, 1.807) is 66.7 Å². The van der Waals surface area contributed by atoms with Crippen molar-refractivity contribution in [2.75, 3.05) is 11.4 Å². The summed E-state index contributed by atoms with van der Waals surface area (Å²) in [6.45, 7) is 1.27. The van der Waals surface area contributed by atoms with Crippen LogP contribution in [0.3, 0.4) is 0 Å². The Labute approximate surface area is 196 Å². The topological polar surface area (TPSA) is 95.0 Å². The van der Waals surface area contributed by atoms with Crippen LogP contribution in [0.15, 0.2) is 83.8 Å². The van der Waals surface area contributed by atoms with Crippen molar-refractivity contribution in [2.45, 2.75) is 23.9 Å². The highest BCUT2D eigenvalue weighted by atomic mass is 35.5. The van der Waals surface area contributed by atoms with E-state index in [9.17, 15) is 23.1 Å². The molecule has 1 aliphatic rings. The molecule has 1 aliphatic heterocycles. The van der Waals surface area contributed by atoms with E-state index in [4.69, 9.17) is 11.6 Å². The van der Waals surface area contributed by atoms with Crippen LogP contribution in [0.1, 0.15) is 17.2 Å². The second kappa shape index (κ2) is 8.97. The van der Waals surface area contributed by atoms with E-state index in [1.807, 2.05) is 6.92 Å². The Hall–Kier alpha value is -3.20. The van der Waals surface area contributed by atoms with Crippen molar-refractivity contribution < 1.29 is 23.1 Å². The smallest absolute Gasteiger partial charge is 0.324 e. The van der Waals surface area contributed by atoms with Gasteiger partial charge < -0.3 is 10.0 Å². The fraction of sp³-hybridized carbons (Fsp3) is 0.167. The van der Waals surface area contributed by atoms with Gasteiger partial charge in [0, 0.05) is 10.7 Å². The van der Waals surface area contributed by atoms with Crippen LogP contribution in [-0.4, -0.2) is 42.3 Å². The average Bonchev–Trinajstić information content (AvgIpc) is 2.80. The van der Waals surface area contributed by atoms with Gasteiger partial charge in [-0.3, -0.25) is 9.59 Å². The SMILES string of the molecule is Cc1ccc([C@@H]2[C@@H](C(=O)O)N(S(=O)(=O)c3ccccc3)CC(=O)N2c2ccc(Cl)cc2)cc1. The normalized spacial score (nSPS) is 19.5. The van der Waals surface area contributed by atoms with E-state index in [2.05, 4.69) is 0 Å². The van der Waals surface area contributed by atoms with Gasteiger partial charge in [0.05, 0.1) is 17.5 Å². The third kappa shape index (κ3) is 4.37. The number of amides is 1. The maximum Gasteiger partial charge on any atom is 0.324 e. The molecule has 1 amide bonds. The zero-order valence-electron chi connectivity index (χ0n) is 17.6. The molecule has 1 heterocycles. The zero-order chi connectivity index (χ0) is 23.8. The molecule has 1 fully saturated rings. The minimum atomic E-state index is -4.27. The molecule has 0 bridgehead atoms. The van der Waals surface area contributed by atoms with Crippen LogP contribution in [0, 0.1) is 6.92 Å². The standard InChI is InChI=1S/C24H21ClN2O5S/c1-16-7-9-17(10-8-16)22-23(24(29)30)26(33(31,32)20-5-3-2-4-6-20)15-21(28)27(22)19-13-11-18(25)12-14-19/h2-14,22-23H,15H2,1H3,(H,29,30)/t22-,23+/m1/s1. The maximum absolute atomic E-state index is 13.4. The van der Waals surface area contributed by atoms with Crippen LogP contribution < -0.4 is 4.90 Å². The number of carbonyl (C=O) groups excluding carboxylic acids is 1. The predicted octanol–water partition coefficient (Wildman–Crippen LogP) is 3.88. The monoisotopic (exact) mass is 484 g/mol. The first kappa shape index (κ1) is 23.0. The van der Waals surface area contributed by atoms with E-state index < -0.39 is 40.5 Å². The highest BCUT2D eigenvalue weighted by Crippen LogP contribution is 2.38. The largest absolute Gasteiger partial charge is 0.480 e. The van der Waals surface area contributed by atoms with Crippen molar-refractivity contribution in [1.82, 2.24) is 4.31 Å². The summed E-state index contributed by atoms with van der Waals surface area (Å²) in [6.07, 6.45) is 0. The quantitative estimate of drug-likeness (QED) is 0.593. The van der Waals surface area contributed by atoms with Crippen molar-refractivity contribution >= 4 is 39.2 Å². The van der Waals surface area contributed by atoms with Gasteiger partial charge in [-0.15, -0.1) is 0 Å². The van der Waals surface area contributed by atoms with Crippen LogP contribution >= 0.6 is 11.6 Å². The van der Waals surface area contributed by atoms with Crippen molar-refractivity contribution in [2.24, 2.45) is 0 Å². The maximum atomic E-state index is 13.4. The van der Waals surface area contributed by atoms with Crippen molar-refractivity contribution in [3.05, 3.63) is 95.0 Å². The molecule has 1 N–H and O–H groups in total. The minimum Gasteiger partial charge on any atom is -0.480 e. The molecule has 7 nitrogen and oxygen atoms in total. The summed E-state index contributed by atoms with van der Waals surface area (Å²) < 4.78 is 27.7. The Morgan fingerprint density at radius 2 is 1.58 bits per heavy atom. The summed E-state index contributed by atoms with van der Waals surface area (Å²) in [5.41, 5.74) is 1.88. The number of hydrogen-bond donors (Lipinski definition) is 1. The first-order valence-corrected chi connectivity index (χ1v) is 12.0. The first-order valence-electron chi connectivity index (χ1n) is 10.1. The van der Waals surface area contributed by atoms with Crippen LogP contribution in [0.2, 0.25) is 5.02 Å². The van der Waals surface area contributed by atoms with Crippen LogP contribution in [-0.2, 0) is 19.6 Å². The Bertz CT molecular complexity index is 1280. The fourth-order valence-electron chi connectivity index (χ4n) is 3.98. The van der Waals surface area contributed by atoms with E-state index in [0.717, 1.165) is 9.87 Å². The number of sulfonamides is 1. The third-order valence-electron chi connectivity index (χ3n) is 5.57. The van der Waals surface area contributed by atoms with Crippen LogP contribution in [0.25, 0.3) is 0 Å². The molecule has 0 unspecified atom stereocenters. The fourth-order valence-corrected chi connectivity index (χ4v) is 5.67. The number of piperazine rings is 1. The van der Waals surface area contributed by atoms with Crippen LogP contribution in [0.5, 0.6) is 0 Å². The second-order valence-corrected chi connectivity index (χ2v) is 10.1. The predicted molar refractivity (Wildman–Crippen MR) is 125 cm³/mol. The van der Waals surface area contributed by atoms with E-state index in [0.29, 0.717) is 16.3 Å². The van der Waals surface area contributed by atoms with Gasteiger partial charge >= 0.3 is 5.97 Å². The second-order valence-electron chi connectivity index (χ2n) is 7.74. The van der Waals surface area contributed by atoms with E-state index >= 15 is 0 Å². The molecule has 0 aliphatic carbocycles.